The number of fused-ring (bicyclic) bond motifs is 2. The van der Waals surface area contributed by atoms with Crippen LogP contribution in [0.2, 0.25) is 0 Å². The molecule has 4 rings (SSSR count). The Kier molecular flexibility index (Phi) is 4.32. The van der Waals surface area contributed by atoms with Gasteiger partial charge < -0.3 is 15.0 Å². The van der Waals surface area contributed by atoms with Crippen LogP contribution in [0.25, 0.3) is 21.7 Å². The summed E-state index contributed by atoms with van der Waals surface area (Å²) in [5, 5.41) is 6.68. The van der Waals surface area contributed by atoms with Crippen LogP contribution in [0.15, 0.2) is 71.5 Å². The zero-order valence-corrected chi connectivity index (χ0v) is 14.6. The first kappa shape index (κ1) is 16.2. The monoisotopic (exact) mass is 344 g/mol. The zero-order chi connectivity index (χ0) is 17.9. The lowest BCUT2D eigenvalue weighted by molar-refractivity contribution is 0.340. The van der Waals surface area contributed by atoms with Gasteiger partial charge in [-0.3, -0.25) is 4.79 Å². The molecule has 0 atom stereocenters. The lowest BCUT2D eigenvalue weighted by Gasteiger charge is -2.10. The van der Waals surface area contributed by atoms with Gasteiger partial charge in [0.05, 0.1) is 6.61 Å². The summed E-state index contributed by atoms with van der Waals surface area (Å²) < 4.78 is 5.55. The highest BCUT2D eigenvalue weighted by Crippen LogP contribution is 2.24. The molecule has 0 amide bonds. The van der Waals surface area contributed by atoms with Crippen LogP contribution < -0.4 is 15.6 Å². The number of ether oxygens (including phenoxy) is 1. The maximum atomic E-state index is 12.4. The summed E-state index contributed by atoms with van der Waals surface area (Å²) in [5.41, 5.74) is 2.45. The second-order valence-corrected chi connectivity index (χ2v) is 6.19. The summed E-state index contributed by atoms with van der Waals surface area (Å²) in [7, 11) is 0. The average Bonchev–Trinajstić information content (AvgIpc) is 2.67. The third-order valence-corrected chi connectivity index (χ3v) is 4.46. The van der Waals surface area contributed by atoms with Gasteiger partial charge in [-0.1, -0.05) is 36.4 Å². The van der Waals surface area contributed by atoms with E-state index in [4.69, 9.17) is 4.74 Å². The van der Waals surface area contributed by atoms with Crippen LogP contribution in [0.4, 0.5) is 5.69 Å². The van der Waals surface area contributed by atoms with E-state index in [2.05, 4.69) is 28.5 Å². The normalized spacial score (nSPS) is 11.0. The third-order valence-electron chi connectivity index (χ3n) is 4.46. The molecule has 0 bridgehead atoms. The molecule has 0 aliphatic rings. The molecule has 3 aromatic carbocycles. The fraction of sp³-hybridized carbons (Fsp3) is 0.136. The summed E-state index contributed by atoms with van der Waals surface area (Å²) in [4.78, 5) is 15.4. The number of aromatic amines is 1. The van der Waals surface area contributed by atoms with Gasteiger partial charge in [0.2, 0.25) is 0 Å². The molecule has 0 fully saturated rings. The number of hydrogen-bond donors (Lipinski definition) is 2. The number of anilines is 1. The number of benzene rings is 3. The number of hydrogen-bond acceptors (Lipinski definition) is 3. The van der Waals surface area contributed by atoms with Crippen molar-refractivity contribution in [2.24, 2.45) is 0 Å². The van der Waals surface area contributed by atoms with Crippen LogP contribution in [0, 0.1) is 0 Å². The van der Waals surface area contributed by atoms with Crippen molar-refractivity contribution in [2.75, 3.05) is 11.9 Å². The van der Waals surface area contributed by atoms with Crippen LogP contribution in [0.3, 0.4) is 0 Å². The first-order valence-electron chi connectivity index (χ1n) is 8.75. The van der Waals surface area contributed by atoms with Crippen molar-refractivity contribution in [3.8, 4) is 5.75 Å². The van der Waals surface area contributed by atoms with Gasteiger partial charge in [0.1, 0.15) is 5.75 Å². The van der Waals surface area contributed by atoms with Crippen molar-refractivity contribution in [1.29, 1.82) is 0 Å². The van der Waals surface area contributed by atoms with Gasteiger partial charge in [-0.15, -0.1) is 0 Å². The Morgan fingerprint density at radius 1 is 0.962 bits per heavy atom. The molecular formula is C22H20N2O2. The van der Waals surface area contributed by atoms with Crippen molar-refractivity contribution in [2.45, 2.75) is 13.5 Å². The second kappa shape index (κ2) is 6.92. The number of nitrogens with one attached hydrogen (secondary N) is 2. The number of H-pyrrole nitrogens is 1. The highest BCUT2D eigenvalue weighted by Gasteiger charge is 2.06. The first-order chi connectivity index (χ1) is 12.7. The van der Waals surface area contributed by atoms with Crippen molar-refractivity contribution in [3.05, 3.63) is 82.6 Å². The maximum absolute atomic E-state index is 12.4. The number of rotatable bonds is 5. The Balaban J connectivity index is 1.65. The smallest absolute Gasteiger partial charge is 0.253 e. The van der Waals surface area contributed by atoms with E-state index in [1.54, 1.807) is 0 Å². The van der Waals surface area contributed by atoms with Crippen LogP contribution >= 0.6 is 0 Å². The van der Waals surface area contributed by atoms with Gasteiger partial charge in [0, 0.05) is 34.1 Å². The van der Waals surface area contributed by atoms with Crippen LogP contribution in [0.1, 0.15) is 12.5 Å². The molecule has 4 nitrogen and oxygen atoms in total. The third kappa shape index (κ3) is 3.14. The van der Waals surface area contributed by atoms with Crippen LogP contribution in [-0.2, 0) is 6.54 Å². The van der Waals surface area contributed by atoms with E-state index < -0.39 is 0 Å². The van der Waals surface area contributed by atoms with E-state index in [1.165, 1.54) is 5.39 Å². The minimum Gasteiger partial charge on any atom is -0.494 e. The molecule has 0 saturated carbocycles. The summed E-state index contributed by atoms with van der Waals surface area (Å²) in [6.45, 7) is 3.03. The standard InChI is InChI=1S/C22H20N2O2/c1-2-26-18-10-11-20-16(13-18)12-17(22(25)24-20)14-23-21-9-5-7-15-6-3-4-8-19(15)21/h3-13,23H,2,14H2,1H3,(H,24,25). The van der Waals surface area contributed by atoms with E-state index in [1.807, 2.05) is 55.5 Å². The summed E-state index contributed by atoms with van der Waals surface area (Å²) in [5.74, 6) is 0.806. The molecule has 0 aliphatic heterocycles. The molecule has 4 heteroatoms. The molecule has 0 unspecified atom stereocenters. The predicted molar refractivity (Wildman–Crippen MR) is 107 cm³/mol. The topological polar surface area (TPSA) is 54.1 Å². The van der Waals surface area contributed by atoms with E-state index >= 15 is 0 Å². The minimum absolute atomic E-state index is 0.0746. The minimum atomic E-state index is -0.0746. The second-order valence-electron chi connectivity index (χ2n) is 6.19. The fourth-order valence-electron chi connectivity index (χ4n) is 3.19. The molecule has 4 aromatic rings. The van der Waals surface area contributed by atoms with Gasteiger partial charge >= 0.3 is 0 Å². The van der Waals surface area contributed by atoms with Crippen molar-refractivity contribution in [1.82, 2.24) is 4.98 Å². The molecule has 130 valence electrons. The van der Waals surface area contributed by atoms with Gasteiger partial charge in [-0.25, -0.2) is 0 Å². The summed E-state index contributed by atoms with van der Waals surface area (Å²) in [6, 6.07) is 22.0. The Bertz CT molecular complexity index is 1130. The molecule has 2 N–H and O–H groups in total. The number of pyridine rings is 1. The molecule has 0 aliphatic carbocycles. The van der Waals surface area contributed by atoms with E-state index in [-0.39, 0.29) is 5.56 Å². The largest absolute Gasteiger partial charge is 0.494 e. The molecule has 26 heavy (non-hydrogen) atoms. The zero-order valence-electron chi connectivity index (χ0n) is 14.6. The maximum Gasteiger partial charge on any atom is 0.253 e. The van der Waals surface area contributed by atoms with Gasteiger partial charge in [-0.2, -0.15) is 0 Å². The molecule has 0 saturated heterocycles. The van der Waals surface area contributed by atoms with Crippen molar-refractivity contribution >= 4 is 27.4 Å². The van der Waals surface area contributed by atoms with Gasteiger partial charge in [0.25, 0.3) is 5.56 Å². The Morgan fingerprint density at radius 3 is 2.69 bits per heavy atom. The van der Waals surface area contributed by atoms with E-state index in [0.717, 1.165) is 27.7 Å². The molecular weight excluding hydrogens is 324 g/mol. The first-order valence-corrected chi connectivity index (χ1v) is 8.75. The lowest BCUT2D eigenvalue weighted by Crippen LogP contribution is -2.15. The Morgan fingerprint density at radius 2 is 1.81 bits per heavy atom. The van der Waals surface area contributed by atoms with Gasteiger partial charge in [0.15, 0.2) is 0 Å². The van der Waals surface area contributed by atoms with Crippen LogP contribution in [0.5, 0.6) is 5.75 Å². The molecule has 1 heterocycles. The van der Waals surface area contributed by atoms with Gasteiger partial charge in [-0.05, 0) is 42.6 Å². The average molecular weight is 344 g/mol. The highest BCUT2D eigenvalue weighted by atomic mass is 16.5. The van der Waals surface area contributed by atoms with Crippen molar-refractivity contribution in [3.63, 3.8) is 0 Å². The Labute approximate surface area is 151 Å². The fourth-order valence-corrected chi connectivity index (χ4v) is 3.19. The Hall–Kier alpha value is -3.27. The number of aromatic nitrogens is 1. The quantitative estimate of drug-likeness (QED) is 0.552. The SMILES string of the molecule is CCOc1ccc2[nH]c(=O)c(CNc3cccc4ccccc34)cc2c1. The molecule has 1 aromatic heterocycles. The lowest BCUT2D eigenvalue weighted by atomic mass is 10.1. The molecule has 0 radical (unpaired) electrons. The summed E-state index contributed by atoms with van der Waals surface area (Å²) >= 11 is 0. The van der Waals surface area contributed by atoms with E-state index in [0.29, 0.717) is 18.7 Å². The predicted octanol–water partition coefficient (Wildman–Crippen LogP) is 4.69. The molecule has 0 spiro atoms. The highest BCUT2D eigenvalue weighted by molar-refractivity contribution is 5.93. The van der Waals surface area contributed by atoms with E-state index in [9.17, 15) is 4.79 Å². The van der Waals surface area contributed by atoms with Crippen LogP contribution in [-0.4, -0.2) is 11.6 Å². The summed E-state index contributed by atoms with van der Waals surface area (Å²) in [6.07, 6.45) is 0. The van der Waals surface area contributed by atoms with Crippen molar-refractivity contribution < 1.29 is 4.74 Å².